The van der Waals surface area contributed by atoms with Crippen molar-refractivity contribution in [2.45, 2.75) is 25.0 Å². The maximum absolute atomic E-state index is 12.1. The van der Waals surface area contributed by atoms with E-state index in [9.17, 15) is 8.42 Å². The van der Waals surface area contributed by atoms with Crippen LogP contribution in [0.4, 0.5) is 0 Å². The van der Waals surface area contributed by atoms with Crippen LogP contribution in [0, 0.1) is 6.92 Å². The van der Waals surface area contributed by atoms with Crippen LogP contribution in [0.2, 0.25) is 0 Å². The molecule has 0 saturated heterocycles. The number of rotatable bonds is 7. The maximum atomic E-state index is 12.1. The van der Waals surface area contributed by atoms with Crippen LogP contribution in [0.5, 0.6) is 0 Å². The highest BCUT2D eigenvalue weighted by atomic mass is 32.2. The van der Waals surface area contributed by atoms with Crippen LogP contribution in [0.3, 0.4) is 0 Å². The predicted molar refractivity (Wildman–Crippen MR) is 73.5 cm³/mol. The molecule has 110 valence electrons. The highest BCUT2D eigenvalue weighted by molar-refractivity contribution is 7.89. The third-order valence-electron chi connectivity index (χ3n) is 2.71. The fourth-order valence-corrected chi connectivity index (χ4v) is 2.95. The number of sulfonamides is 1. The number of H-pyrrole nitrogens is 1. The lowest BCUT2D eigenvalue weighted by Gasteiger charge is -2.07. The van der Waals surface area contributed by atoms with Crippen molar-refractivity contribution in [1.82, 2.24) is 30.0 Å². The van der Waals surface area contributed by atoms with E-state index in [1.54, 1.807) is 17.9 Å². The lowest BCUT2D eigenvalue weighted by Crippen LogP contribution is -2.29. The number of hydrogen-bond donors (Lipinski definition) is 3. The molecule has 0 saturated carbocycles. The SMILES string of the molecule is CNCc1cn[nH]c1S(=O)(=O)NCCn1cc(C)cn1. The highest BCUT2D eigenvalue weighted by Crippen LogP contribution is 2.10. The molecule has 0 radical (unpaired) electrons. The molecule has 9 heteroatoms. The summed E-state index contributed by atoms with van der Waals surface area (Å²) in [7, 11) is -1.84. The molecule has 0 aliphatic heterocycles. The van der Waals surface area contributed by atoms with E-state index in [0.717, 1.165) is 5.56 Å². The first-order valence-corrected chi connectivity index (χ1v) is 7.67. The van der Waals surface area contributed by atoms with Crippen LogP contribution >= 0.6 is 0 Å². The van der Waals surface area contributed by atoms with Crippen molar-refractivity contribution in [2.24, 2.45) is 0 Å². The number of nitrogens with one attached hydrogen (secondary N) is 3. The Balaban J connectivity index is 1.98. The minimum absolute atomic E-state index is 0.100. The van der Waals surface area contributed by atoms with E-state index in [0.29, 0.717) is 18.7 Å². The van der Waals surface area contributed by atoms with Gasteiger partial charge in [0.05, 0.1) is 18.9 Å². The summed E-state index contributed by atoms with van der Waals surface area (Å²) < 4.78 is 28.5. The Morgan fingerprint density at radius 1 is 1.40 bits per heavy atom. The van der Waals surface area contributed by atoms with Gasteiger partial charge in [0.15, 0.2) is 5.03 Å². The van der Waals surface area contributed by atoms with Gasteiger partial charge in [-0.3, -0.25) is 9.78 Å². The summed E-state index contributed by atoms with van der Waals surface area (Å²) in [5.74, 6) is 0. The zero-order valence-electron chi connectivity index (χ0n) is 11.4. The summed E-state index contributed by atoms with van der Waals surface area (Å²) >= 11 is 0. The zero-order chi connectivity index (χ0) is 14.6. The summed E-state index contributed by atoms with van der Waals surface area (Å²) in [6, 6.07) is 0. The molecule has 0 bridgehead atoms. The minimum atomic E-state index is -3.58. The molecule has 3 N–H and O–H groups in total. The molecule has 8 nitrogen and oxygen atoms in total. The molecule has 0 fully saturated rings. The van der Waals surface area contributed by atoms with Gasteiger partial charge in [-0.05, 0) is 19.5 Å². The second-order valence-corrected chi connectivity index (χ2v) is 6.14. The number of aromatic nitrogens is 4. The molecule has 0 aliphatic rings. The van der Waals surface area contributed by atoms with E-state index in [4.69, 9.17) is 0 Å². The van der Waals surface area contributed by atoms with Crippen molar-refractivity contribution in [3.05, 3.63) is 29.7 Å². The summed E-state index contributed by atoms with van der Waals surface area (Å²) in [4.78, 5) is 0. The molecule has 0 atom stereocenters. The predicted octanol–water partition coefficient (Wildman–Crippen LogP) is -0.387. The molecular formula is C11H18N6O2S. The number of aryl methyl sites for hydroxylation is 1. The average molecular weight is 298 g/mol. The third kappa shape index (κ3) is 3.44. The summed E-state index contributed by atoms with van der Waals surface area (Å²) in [5.41, 5.74) is 1.65. The summed E-state index contributed by atoms with van der Waals surface area (Å²) in [6.07, 6.45) is 5.09. The second-order valence-electron chi connectivity index (χ2n) is 4.43. The van der Waals surface area contributed by atoms with E-state index in [-0.39, 0.29) is 11.6 Å². The minimum Gasteiger partial charge on any atom is -0.316 e. The highest BCUT2D eigenvalue weighted by Gasteiger charge is 2.19. The Labute approximate surface area is 117 Å². The number of nitrogens with zero attached hydrogens (tertiary/aromatic N) is 3. The van der Waals surface area contributed by atoms with Gasteiger partial charge in [0.1, 0.15) is 0 Å². The molecule has 2 aromatic heterocycles. The van der Waals surface area contributed by atoms with Gasteiger partial charge in [-0.15, -0.1) is 0 Å². The van der Waals surface area contributed by atoms with Gasteiger partial charge in [-0.1, -0.05) is 0 Å². The van der Waals surface area contributed by atoms with Gasteiger partial charge >= 0.3 is 0 Å². The van der Waals surface area contributed by atoms with E-state index in [2.05, 4.69) is 25.3 Å². The molecule has 0 spiro atoms. The largest absolute Gasteiger partial charge is 0.316 e. The molecule has 0 aliphatic carbocycles. The van der Waals surface area contributed by atoms with Crippen molar-refractivity contribution < 1.29 is 8.42 Å². The van der Waals surface area contributed by atoms with Gasteiger partial charge < -0.3 is 5.32 Å². The lowest BCUT2D eigenvalue weighted by atomic mass is 10.4. The molecule has 20 heavy (non-hydrogen) atoms. The third-order valence-corrected chi connectivity index (χ3v) is 4.18. The molecule has 2 aromatic rings. The van der Waals surface area contributed by atoms with E-state index < -0.39 is 10.0 Å². The average Bonchev–Trinajstić information content (AvgIpc) is 2.99. The Morgan fingerprint density at radius 3 is 2.85 bits per heavy atom. The van der Waals surface area contributed by atoms with Crippen LogP contribution in [0.25, 0.3) is 0 Å². The van der Waals surface area contributed by atoms with E-state index in [1.807, 2.05) is 13.1 Å². The number of aromatic amines is 1. The van der Waals surface area contributed by atoms with Crippen molar-refractivity contribution in [3.8, 4) is 0 Å². The van der Waals surface area contributed by atoms with Crippen LogP contribution in [0.1, 0.15) is 11.1 Å². The number of hydrogen-bond acceptors (Lipinski definition) is 5. The van der Waals surface area contributed by atoms with Gasteiger partial charge in [0.25, 0.3) is 10.0 Å². The first kappa shape index (κ1) is 14.7. The zero-order valence-corrected chi connectivity index (χ0v) is 12.2. The standard InChI is InChI=1S/C11H18N6O2S/c1-9-5-14-17(8-9)4-3-15-20(18,19)11-10(6-12-2)7-13-16-11/h5,7-8,12,15H,3-4,6H2,1-2H3,(H,13,16). The van der Waals surface area contributed by atoms with Crippen molar-refractivity contribution in [2.75, 3.05) is 13.6 Å². The molecule has 2 heterocycles. The Bertz CT molecular complexity index is 660. The smallest absolute Gasteiger partial charge is 0.257 e. The van der Waals surface area contributed by atoms with E-state index >= 15 is 0 Å². The molecule has 0 amide bonds. The summed E-state index contributed by atoms with van der Waals surface area (Å²) in [6.45, 7) is 3.11. The quantitative estimate of drug-likeness (QED) is 0.646. The maximum Gasteiger partial charge on any atom is 0.257 e. The van der Waals surface area contributed by atoms with Gasteiger partial charge in [-0.2, -0.15) is 10.2 Å². The first-order valence-electron chi connectivity index (χ1n) is 6.18. The summed E-state index contributed by atoms with van der Waals surface area (Å²) in [5, 5.41) is 13.4. The topological polar surface area (TPSA) is 105 Å². The molecule has 0 unspecified atom stereocenters. The first-order chi connectivity index (χ1) is 9.53. The monoisotopic (exact) mass is 298 g/mol. The Morgan fingerprint density at radius 2 is 2.20 bits per heavy atom. The van der Waals surface area contributed by atoms with Crippen molar-refractivity contribution >= 4 is 10.0 Å². The Kier molecular flexibility index (Phi) is 4.53. The van der Waals surface area contributed by atoms with Crippen molar-refractivity contribution in [1.29, 1.82) is 0 Å². The van der Waals surface area contributed by atoms with E-state index in [1.165, 1.54) is 6.20 Å². The van der Waals surface area contributed by atoms with Gasteiger partial charge in [0, 0.05) is 24.8 Å². The van der Waals surface area contributed by atoms with Crippen molar-refractivity contribution in [3.63, 3.8) is 0 Å². The van der Waals surface area contributed by atoms with Gasteiger partial charge in [0.2, 0.25) is 0 Å². The second kappa shape index (κ2) is 6.16. The molecule has 0 aromatic carbocycles. The van der Waals surface area contributed by atoms with Crippen LogP contribution < -0.4 is 10.0 Å². The van der Waals surface area contributed by atoms with Gasteiger partial charge in [-0.25, -0.2) is 13.1 Å². The molecular weight excluding hydrogens is 280 g/mol. The van der Waals surface area contributed by atoms with Crippen LogP contribution in [-0.2, 0) is 23.1 Å². The normalized spacial score (nSPS) is 11.9. The van der Waals surface area contributed by atoms with Crippen LogP contribution in [-0.4, -0.2) is 42.0 Å². The lowest BCUT2D eigenvalue weighted by molar-refractivity contribution is 0.556. The molecule has 2 rings (SSSR count). The Hall–Kier alpha value is -1.71. The fraction of sp³-hybridized carbons (Fsp3) is 0.455. The fourth-order valence-electron chi connectivity index (χ4n) is 1.80. The van der Waals surface area contributed by atoms with Crippen LogP contribution in [0.15, 0.2) is 23.6 Å².